The average molecular weight is 339 g/mol. The third-order valence-corrected chi connectivity index (χ3v) is 5.11. The van der Waals surface area contributed by atoms with Gasteiger partial charge in [-0.3, -0.25) is 4.79 Å². The number of carbonyl (C=O) groups is 2. The summed E-state index contributed by atoms with van der Waals surface area (Å²) in [4.78, 5) is 26.9. The van der Waals surface area contributed by atoms with E-state index in [9.17, 15) is 9.59 Å². The molecule has 0 bridgehead atoms. The van der Waals surface area contributed by atoms with Gasteiger partial charge in [0.15, 0.2) is 0 Å². The standard InChI is InChI=1S/C16H25N3O3S/c1-3-17-15(21)19-9-6-16(7-10-19,8-11-22-2)18-14(20)13-5-4-12-23-13/h4-5,12H,3,6-11H2,1-2H3,(H,17,21)(H,18,20). The number of hydrogen-bond donors (Lipinski definition) is 2. The van der Waals surface area contributed by atoms with E-state index in [1.54, 1.807) is 7.11 Å². The number of nitrogens with zero attached hydrogens (tertiary/aromatic N) is 1. The van der Waals surface area contributed by atoms with E-state index < -0.39 is 0 Å². The van der Waals surface area contributed by atoms with Crippen molar-refractivity contribution in [2.24, 2.45) is 0 Å². The van der Waals surface area contributed by atoms with Crippen LogP contribution >= 0.6 is 11.3 Å². The first-order valence-corrected chi connectivity index (χ1v) is 8.86. The number of ether oxygens (including phenoxy) is 1. The molecule has 1 saturated heterocycles. The van der Waals surface area contributed by atoms with Gasteiger partial charge in [0.25, 0.3) is 5.91 Å². The second-order valence-electron chi connectivity index (χ2n) is 5.78. The molecule has 0 unspecified atom stereocenters. The van der Waals surface area contributed by atoms with Gasteiger partial charge in [-0.15, -0.1) is 11.3 Å². The second kappa shape index (κ2) is 8.31. The lowest BCUT2D eigenvalue weighted by Gasteiger charge is -2.42. The number of hydrogen-bond acceptors (Lipinski definition) is 4. The van der Waals surface area contributed by atoms with Crippen molar-refractivity contribution in [3.8, 4) is 0 Å². The van der Waals surface area contributed by atoms with E-state index in [0.29, 0.717) is 31.1 Å². The van der Waals surface area contributed by atoms with Crippen molar-refractivity contribution in [3.63, 3.8) is 0 Å². The van der Waals surface area contributed by atoms with Crippen LogP contribution in [0, 0.1) is 0 Å². The molecule has 2 rings (SSSR count). The monoisotopic (exact) mass is 339 g/mol. The van der Waals surface area contributed by atoms with Gasteiger partial charge < -0.3 is 20.3 Å². The van der Waals surface area contributed by atoms with Gasteiger partial charge in [-0.1, -0.05) is 6.07 Å². The Morgan fingerprint density at radius 1 is 1.39 bits per heavy atom. The molecule has 128 valence electrons. The van der Waals surface area contributed by atoms with Gasteiger partial charge in [-0.25, -0.2) is 4.79 Å². The quantitative estimate of drug-likeness (QED) is 0.833. The largest absolute Gasteiger partial charge is 0.385 e. The predicted molar refractivity (Wildman–Crippen MR) is 90.9 cm³/mol. The van der Waals surface area contributed by atoms with E-state index in [4.69, 9.17) is 4.74 Å². The molecule has 0 saturated carbocycles. The summed E-state index contributed by atoms with van der Waals surface area (Å²) >= 11 is 1.44. The molecule has 0 spiro atoms. The van der Waals surface area contributed by atoms with Crippen LogP contribution in [-0.4, -0.2) is 55.7 Å². The van der Waals surface area contributed by atoms with Crippen molar-refractivity contribution in [1.82, 2.24) is 15.5 Å². The molecule has 0 atom stereocenters. The highest BCUT2D eigenvalue weighted by atomic mass is 32.1. The average Bonchev–Trinajstić information content (AvgIpc) is 3.08. The smallest absolute Gasteiger partial charge is 0.317 e. The summed E-state index contributed by atoms with van der Waals surface area (Å²) in [5.41, 5.74) is -0.305. The lowest BCUT2D eigenvalue weighted by Crippen LogP contribution is -2.57. The number of rotatable bonds is 6. The van der Waals surface area contributed by atoms with Crippen molar-refractivity contribution in [3.05, 3.63) is 22.4 Å². The Morgan fingerprint density at radius 2 is 2.13 bits per heavy atom. The van der Waals surface area contributed by atoms with E-state index in [2.05, 4.69) is 10.6 Å². The molecule has 1 aliphatic rings. The van der Waals surface area contributed by atoms with Crippen LogP contribution in [-0.2, 0) is 4.74 Å². The number of methoxy groups -OCH3 is 1. The Morgan fingerprint density at radius 3 is 2.70 bits per heavy atom. The summed E-state index contributed by atoms with van der Waals surface area (Å²) in [5, 5.41) is 7.92. The van der Waals surface area contributed by atoms with Gasteiger partial charge in [0.05, 0.1) is 4.88 Å². The Hall–Kier alpha value is -1.60. The Labute approximate surface area is 141 Å². The molecular weight excluding hydrogens is 314 g/mol. The van der Waals surface area contributed by atoms with Crippen molar-refractivity contribution in [2.75, 3.05) is 33.4 Å². The molecule has 0 radical (unpaired) electrons. The molecule has 0 aliphatic carbocycles. The number of carbonyl (C=O) groups excluding carboxylic acids is 2. The maximum absolute atomic E-state index is 12.4. The maximum atomic E-state index is 12.4. The van der Waals surface area contributed by atoms with E-state index >= 15 is 0 Å². The fourth-order valence-electron chi connectivity index (χ4n) is 2.85. The van der Waals surface area contributed by atoms with Crippen LogP contribution in [0.1, 0.15) is 35.9 Å². The molecule has 2 N–H and O–H groups in total. The van der Waals surface area contributed by atoms with Gasteiger partial charge in [-0.2, -0.15) is 0 Å². The fourth-order valence-corrected chi connectivity index (χ4v) is 3.46. The lowest BCUT2D eigenvalue weighted by molar-refractivity contribution is 0.0750. The van der Waals surface area contributed by atoms with Crippen LogP contribution in [0.3, 0.4) is 0 Å². The second-order valence-corrected chi connectivity index (χ2v) is 6.72. The van der Waals surface area contributed by atoms with Crippen LogP contribution in [0.15, 0.2) is 17.5 Å². The molecule has 1 aromatic rings. The van der Waals surface area contributed by atoms with Gasteiger partial charge in [-0.05, 0) is 37.6 Å². The molecular formula is C16H25N3O3S. The van der Waals surface area contributed by atoms with Gasteiger partial charge in [0.1, 0.15) is 0 Å². The minimum atomic E-state index is -0.305. The topological polar surface area (TPSA) is 70.7 Å². The number of thiophene rings is 1. The molecule has 2 heterocycles. The zero-order valence-corrected chi connectivity index (χ0v) is 14.6. The first kappa shape index (κ1) is 17.7. The van der Waals surface area contributed by atoms with Gasteiger partial charge >= 0.3 is 6.03 Å². The summed E-state index contributed by atoms with van der Waals surface area (Å²) < 4.78 is 5.21. The molecule has 1 fully saturated rings. The maximum Gasteiger partial charge on any atom is 0.317 e. The van der Waals surface area contributed by atoms with Crippen molar-refractivity contribution in [2.45, 2.75) is 31.7 Å². The first-order chi connectivity index (χ1) is 11.1. The van der Waals surface area contributed by atoms with E-state index in [-0.39, 0.29) is 17.5 Å². The molecule has 0 aromatic carbocycles. The van der Waals surface area contributed by atoms with E-state index in [1.165, 1.54) is 11.3 Å². The zero-order chi connectivity index (χ0) is 16.7. The van der Waals surface area contributed by atoms with Crippen LogP contribution in [0.2, 0.25) is 0 Å². The summed E-state index contributed by atoms with van der Waals surface area (Å²) in [6.45, 7) is 4.40. The van der Waals surface area contributed by atoms with Crippen LogP contribution < -0.4 is 10.6 Å². The van der Waals surface area contributed by atoms with Crippen LogP contribution in [0.25, 0.3) is 0 Å². The lowest BCUT2D eigenvalue weighted by atomic mass is 9.84. The number of likely N-dealkylation sites (tertiary alicyclic amines) is 1. The van der Waals surface area contributed by atoms with Crippen molar-refractivity contribution >= 4 is 23.3 Å². The summed E-state index contributed by atoms with van der Waals surface area (Å²) in [6, 6.07) is 3.67. The molecule has 6 nitrogen and oxygen atoms in total. The first-order valence-electron chi connectivity index (χ1n) is 7.98. The number of piperidine rings is 1. The minimum absolute atomic E-state index is 0.0302. The number of amides is 3. The third-order valence-electron chi connectivity index (χ3n) is 4.24. The summed E-state index contributed by atoms with van der Waals surface area (Å²) in [6.07, 6.45) is 2.24. The fraction of sp³-hybridized carbons (Fsp3) is 0.625. The predicted octanol–water partition coefficient (Wildman–Crippen LogP) is 2.08. The normalized spacial score (nSPS) is 16.9. The van der Waals surface area contributed by atoms with Gasteiger partial charge in [0.2, 0.25) is 0 Å². The van der Waals surface area contributed by atoms with E-state index in [0.717, 1.165) is 19.3 Å². The van der Waals surface area contributed by atoms with Crippen LogP contribution in [0.4, 0.5) is 4.79 Å². The highest BCUT2D eigenvalue weighted by Crippen LogP contribution is 2.27. The highest BCUT2D eigenvalue weighted by molar-refractivity contribution is 7.12. The van der Waals surface area contributed by atoms with Crippen LogP contribution in [0.5, 0.6) is 0 Å². The Kier molecular flexibility index (Phi) is 6.41. The molecule has 3 amide bonds. The molecule has 1 aromatic heterocycles. The SMILES string of the molecule is CCNC(=O)N1CCC(CCOC)(NC(=O)c2cccs2)CC1. The number of nitrogens with one attached hydrogen (secondary N) is 2. The third kappa shape index (κ3) is 4.68. The molecule has 1 aliphatic heterocycles. The molecule has 23 heavy (non-hydrogen) atoms. The van der Waals surface area contributed by atoms with Gasteiger partial charge in [0, 0.05) is 38.9 Å². The van der Waals surface area contributed by atoms with Crippen molar-refractivity contribution < 1.29 is 14.3 Å². The van der Waals surface area contributed by atoms with E-state index in [1.807, 2.05) is 29.3 Å². The van der Waals surface area contributed by atoms with Crippen molar-refractivity contribution in [1.29, 1.82) is 0 Å². The summed E-state index contributed by atoms with van der Waals surface area (Å²) in [5.74, 6) is -0.0393. The highest BCUT2D eigenvalue weighted by Gasteiger charge is 2.37. The summed E-state index contributed by atoms with van der Waals surface area (Å²) in [7, 11) is 1.67. The zero-order valence-electron chi connectivity index (χ0n) is 13.8. The minimum Gasteiger partial charge on any atom is -0.385 e. The molecule has 7 heteroatoms. The number of urea groups is 1. The Balaban J connectivity index is 2.00. The Bertz CT molecular complexity index is 511.